The van der Waals surface area contributed by atoms with Gasteiger partial charge >= 0.3 is 0 Å². The molecule has 0 aliphatic heterocycles. The molecule has 0 saturated carbocycles. The Kier molecular flexibility index (Phi) is 5.10. The Morgan fingerprint density at radius 2 is 2.10 bits per heavy atom. The molecule has 20 heavy (non-hydrogen) atoms. The van der Waals surface area contributed by atoms with Crippen LogP contribution in [0.25, 0.3) is 0 Å². The predicted molar refractivity (Wildman–Crippen MR) is 80.5 cm³/mol. The molecule has 0 aliphatic carbocycles. The number of rotatable bonds is 5. The Bertz CT molecular complexity index is 569. The fourth-order valence-corrected chi connectivity index (χ4v) is 2.22. The molecule has 2 rings (SSSR count). The largest absolute Gasteiger partial charge is 0.305 e. The molecule has 4 heteroatoms. The van der Waals surface area contributed by atoms with Crippen LogP contribution in [0.4, 0.5) is 4.39 Å². The van der Waals surface area contributed by atoms with Crippen LogP contribution >= 0.6 is 11.6 Å². The molecule has 1 heterocycles. The van der Waals surface area contributed by atoms with Gasteiger partial charge in [-0.25, -0.2) is 4.39 Å². The number of hydrogen-bond donors (Lipinski definition) is 1. The SMILES string of the molecule is CCCNC(c1ccc(C)c(Cl)c1)c1ccc(F)cn1. The van der Waals surface area contributed by atoms with Gasteiger partial charge in [-0.05, 0) is 49.2 Å². The molecule has 2 nitrogen and oxygen atoms in total. The zero-order valence-electron chi connectivity index (χ0n) is 11.7. The lowest BCUT2D eigenvalue weighted by molar-refractivity contribution is 0.576. The molecule has 0 fully saturated rings. The minimum Gasteiger partial charge on any atom is -0.305 e. The Labute approximate surface area is 124 Å². The lowest BCUT2D eigenvalue weighted by Gasteiger charge is -2.19. The maximum absolute atomic E-state index is 13.0. The molecule has 2 aromatic rings. The monoisotopic (exact) mass is 292 g/mol. The topological polar surface area (TPSA) is 24.9 Å². The second-order valence-corrected chi connectivity index (χ2v) is 5.20. The molecule has 1 aromatic carbocycles. The maximum atomic E-state index is 13.0. The highest BCUT2D eigenvalue weighted by Crippen LogP contribution is 2.25. The predicted octanol–water partition coefficient (Wildman–Crippen LogP) is 4.27. The van der Waals surface area contributed by atoms with Gasteiger partial charge in [0, 0.05) is 5.02 Å². The number of halogens is 2. The molecule has 0 aliphatic rings. The van der Waals surface area contributed by atoms with Gasteiger partial charge in [0.2, 0.25) is 0 Å². The first-order valence-electron chi connectivity index (χ1n) is 6.72. The van der Waals surface area contributed by atoms with E-state index in [-0.39, 0.29) is 11.9 Å². The molecule has 1 aromatic heterocycles. The van der Waals surface area contributed by atoms with Crippen LogP contribution in [0.2, 0.25) is 5.02 Å². The molecule has 0 bridgehead atoms. The molecule has 0 radical (unpaired) electrons. The van der Waals surface area contributed by atoms with Gasteiger partial charge in [0.15, 0.2) is 0 Å². The van der Waals surface area contributed by atoms with Gasteiger partial charge in [-0.15, -0.1) is 0 Å². The van der Waals surface area contributed by atoms with Crippen LogP contribution in [0.3, 0.4) is 0 Å². The summed E-state index contributed by atoms with van der Waals surface area (Å²) >= 11 is 6.20. The second kappa shape index (κ2) is 6.82. The van der Waals surface area contributed by atoms with Crippen molar-refractivity contribution in [1.82, 2.24) is 10.3 Å². The van der Waals surface area contributed by atoms with E-state index >= 15 is 0 Å². The van der Waals surface area contributed by atoms with Crippen molar-refractivity contribution < 1.29 is 4.39 Å². The Hall–Kier alpha value is -1.45. The molecule has 1 atom stereocenters. The Morgan fingerprint density at radius 1 is 1.30 bits per heavy atom. The summed E-state index contributed by atoms with van der Waals surface area (Å²) in [6, 6.07) is 9.01. The van der Waals surface area contributed by atoms with Crippen LogP contribution < -0.4 is 5.32 Å². The van der Waals surface area contributed by atoms with E-state index < -0.39 is 0 Å². The van der Waals surface area contributed by atoms with Crippen molar-refractivity contribution in [3.63, 3.8) is 0 Å². The summed E-state index contributed by atoms with van der Waals surface area (Å²) in [7, 11) is 0. The number of benzene rings is 1. The van der Waals surface area contributed by atoms with Gasteiger partial charge < -0.3 is 5.32 Å². The number of aryl methyl sites for hydroxylation is 1. The first kappa shape index (κ1) is 14.9. The third kappa shape index (κ3) is 3.56. The van der Waals surface area contributed by atoms with Crippen LogP contribution in [-0.2, 0) is 0 Å². The number of pyridine rings is 1. The van der Waals surface area contributed by atoms with Crippen LogP contribution in [0, 0.1) is 12.7 Å². The van der Waals surface area contributed by atoms with Gasteiger partial charge in [-0.3, -0.25) is 4.98 Å². The second-order valence-electron chi connectivity index (χ2n) is 4.80. The summed E-state index contributed by atoms with van der Waals surface area (Å²) in [6.07, 6.45) is 2.25. The first-order valence-corrected chi connectivity index (χ1v) is 7.10. The van der Waals surface area contributed by atoms with Gasteiger partial charge in [0.1, 0.15) is 5.82 Å². The summed E-state index contributed by atoms with van der Waals surface area (Å²) in [4.78, 5) is 4.18. The lowest BCUT2D eigenvalue weighted by Crippen LogP contribution is -2.24. The van der Waals surface area contributed by atoms with Gasteiger partial charge in [0.05, 0.1) is 17.9 Å². The van der Waals surface area contributed by atoms with Gasteiger partial charge in [-0.1, -0.05) is 30.7 Å². The number of aromatic nitrogens is 1. The smallest absolute Gasteiger partial charge is 0.141 e. The van der Waals surface area contributed by atoms with Crippen molar-refractivity contribution in [2.24, 2.45) is 0 Å². The number of nitrogens with one attached hydrogen (secondary N) is 1. The van der Waals surface area contributed by atoms with Crippen LogP contribution in [0.1, 0.15) is 36.2 Å². The Morgan fingerprint density at radius 3 is 2.70 bits per heavy atom. The van der Waals surface area contributed by atoms with E-state index in [1.807, 2.05) is 25.1 Å². The average molecular weight is 293 g/mol. The summed E-state index contributed by atoms with van der Waals surface area (Å²) in [6.45, 7) is 4.93. The van der Waals surface area contributed by atoms with Gasteiger partial charge in [-0.2, -0.15) is 0 Å². The normalized spacial score (nSPS) is 12.4. The molecule has 106 valence electrons. The van der Waals surface area contributed by atoms with Crippen molar-refractivity contribution in [2.45, 2.75) is 26.3 Å². The fourth-order valence-electron chi connectivity index (χ4n) is 2.03. The van der Waals surface area contributed by atoms with Crippen molar-refractivity contribution in [3.05, 3.63) is 64.2 Å². The van der Waals surface area contributed by atoms with E-state index in [4.69, 9.17) is 11.6 Å². The van der Waals surface area contributed by atoms with Crippen LogP contribution in [-0.4, -0.2) is 11.5 Å². The molecular formula is C16H18ClFN2. The molecule has 1 unspecified atom stereocenters. The number of hydrogen-bond acceptors (Lipinski definition) is 2. The highest BCUT2D eigenvalue weighted by molar-refractivity contribution is 6.31. The quantitative estimate of drug-likeness (QED) is 0.890. The lowest BCUT2D eigenvalue weighted by atomic mass is 10.0. The molecule has 0 amide bonds. The van der Waals surface area contributed by atoms with E-state index in [1.165, 1.54) is 12.3 Å². The van der Waals surface area contributed by atoms with Crippen molar-refractivity contribution >= 4 is 11.6 Å². The van der Waals surface area contributed by atoms with Crippen molar-refractivity contribution in [1.29, 1.82) is 0 Å². The average Bonchev–Trinajstić information content (AvgIpc) is 2.45. The van der Waals surface area contributed by atoms with Gasteiger partial charge in [0.25, 0.3) is 0 Å². The fraction of sp³-hybridized carbons (Fsp3) is 0.312. The van der Waals surface area contributed by atoms with Crippen molar-refractivity contribution in [2.75, 3.05) is 6.54 Å². The van der Waals surface area contributed by atoms with E-state index in [0.29, 0.717) is 0 Å². The third-order valence-corrected chi connectivity index (χ3v) is 3.58. The summed E-state index contributed by atoms with van der Waals surface area (Å²) in [5, 5.41) is 4.15. The molecule has 1 N–H and O–H groups in total. The molecule has 0 spiro atoms. The zero-order valence-corrected chi connectivity index (χ0v) is 12.4. The van der Waals surface area contributed by atoms with Crippen LogP contribution in [0.5, 0.6) is 0 Å². The minimum absolute atomic E-state index is 0.0753. The third-order valence-electron chi connectivity index (χ3n) is 3.17. The highest BCUT2D eigenvalue weighted by atomic mass is 35.5. The summed E-state index contributed by atoms with van der Waals surface area (Å²) < 4.78 is 13.0. The summed E-state index contributed by atoms with van der Waals surface area (Å²) in [5.41, 5.74) is 2.87. The van der Waals surface area contributed by atoms with E-state index in [1.54, 1.807) is 6.07 Å². The van der Waals surface area contributed by atoms with E-state index in [2.05, 4.69) is 17.2 Å². The standard InChI is InChI=1S/C16H18ClFN2/c1-3-8-19-16(15-7-6-13(18)10-20-15)12-5-4-11(2)14(17)9-12/h4-7,9-10,16,19H,3,8H2,1-2H3. The molecular weight excluding hydrogens is 275 g/mol. The minimum atomic E-state index is -0.329. The Balaban J connectivity index is 2.35. The zero-order chi connectivity index (χ0) is 14.5. The van der Waals surface area contributed by atoms with E-state index in [9.17, 15) is 4.39 Å². The highest BCUT2D eigenvalue weighted by Gasteiger charge is 2.15. The maximum Gasteiger partial charge on any atom is 0.141 e. The van der Waals surface area contributed by atoms with E-state index in [0.717, 1.165) is 34.8 Å². The summed E-state index contributed by atoms with van der Waals surface area (Å²) in [5.74, 6) is -0.329. The molecule has 0 saturated heterocycles. The van der Waals surface area contributed by atoms with Crippen LogP contribution in [0.15, 0.2) is 36.5 Å². The number of nitrogens with zero attached hydrogens (tertiary/aromatic N) is 1. The first-order chi connectivity index (χ1) is 9.61. The van der Waals surface area contributed by atoms with Crippen molar-refractivity contribution in [3.8, 4) is 0 Å².